The van der Waals surface area contributed by atoms with Crippen molar-refractivity contribution in [3.63, 3.8) is 0 Å². The minimum Gasteiger partial charge on any atom is -0.0625 e. The van der Waals surface area contributed by atoms with Gasteiger partial charge < -0.3 is 0 Å². The van der Waals surface area contributed by atoms with E-state index in [0.717, 1.165) is 23.7 Å². The van der Waals surface area contributed by atoms with E-state index in [9.17, 15) is 0 Å². The predicted octanol–water partition coefficient (Wildman–Crippen LogP) is 3.86. The number of hydrogen-bond acceptors (Lipinski definition) is 0. The third kappa shape index (κ3) is 1.53. The predicted molar refractivity (Wildman–Crippen MR) is 53.0 cm³/mol. The molecule has 2 aliphatic rings. The molecule has 0 saturated heterocycles. The molecule has 0 radical (unpaired) electrons. The molecule has 0 bridgehead atoms. The monoisotopic (exact) mass is 166 g/mol. The van der Waals surface area contributed by atoms with Crippen LogP contribution in [0.1, 0.15) is 52.4 Å². The van der Waals surface area contributed by atoms with Gasteiger partial charge in [-0.2, -0.15) is 0 Å². The van der Waals surface area contributed by atoms with Crippen molar-refractivity contribution in [3.8, 4) is 0 Å². The smallest absolute Gasteiger partial charge is 0.0360 e. The molecule has 2 fully saturated rings. The molecule has 2 saturated carbocycles. The lowest BCUT2D eigenvalue weighted by Crippen LogP contribution is -2.32. The van der Waals surface area contributed by atoms with Crippen molar-refractivity contribution in [2.24, 2.45) is 23.7 Å². The van der Waals surface area contributed by atoms with Gasteiger partial charge in [0, 0.05) is 0 Å². The van der Waals surface area contributed by atoms with Crippen molar-refractivity contribution < 1.29 is 0 Å². The molecule has 0 aliphatic heterocycles. The van der Waals surface area contributed by atoms with Gasteiger partial charge in [-0.05, 0) is 42.9 Å². The molecule has 2 rings (SSSR count). The molecule has 0 aromatic heterocycles. The maximum atomic E-state index is 2.48. The molecule has 0 aromatic carbocycles. The third-order valence-corrected chi connectivity index (χ3v) is 4.18. The Hall–Kier alpha value is 0. The summed E-state index contributed by atoms with van der Waals surface area (Å²) in [5.41, 5.74) is 0. The van der Waals surface area contributed by atoms with Gasteiger partial charge in [-0.15, -0.1) is 0 Å². The van der Waals surface area contributed by atoms with E-state index in [2.05, 4.69) is 13.8 Å². The topological polar surface area (TPSA) is 0 Å². The fourth-order valence-electron chi connectivity index (χ4n) is 3.70. The van der Waals surface area contributed by atoms with Gasteiger partial charge in [0.15, 0.2) is 0 Å². The van der Waals surface area contributed by atoms with Gasteiger partial charge in [0.1, 0.15) is 0 Å². The number of rotatable bonds is 0. The summed E-state index contributed by atoms with van der Waals surface area (Å²) in [6.45, 7) is 4.93. The highest BCUT2D eigenvalue weighted by Crippen LogP contribution is 2.45. The summed E-state index contributed by atoms with van der Waals surface area (Å²) in [6, 6.07) is 0. The minimum atomic E-state index is 1.01. The normalized spacial score (nSPS) is 48.5. The molecule has 12 heavy (non-hydrogen) atoms. The van der Waals surface area contributed by atoms with E-state index in [1.807, 2.05) is 0 Å². The highest BCUT2D eigenvalue weighted by Gasteiger charge is 2.34. The molecular formula is C12H22. The molecule has 1 unspecified atom stereocenters. The lowest BCUT2D eigenvalue weighted by molar-refractivity contribution is 0.0827. The van der Waals surface area contributed by atoms with Gasteiger partial charge in [-0.25, -0.2) is 0 Å². The lowest BCUT2D eigenvalue weighted by Gasteiger charge is -2.42. The van der Waals surface area contributed by atoms with Crippen LogP contribution in [-0.2, 0) is 0 Å². The second-order valence-electron chi connectivity index (χ2n) is 5.26. The minimum absolute atomic E-state index is 1.01. The van der Waals surface area contributed by atoms with Gasteiger partial charge in [-0.1, -0.05) is 33.1 Å². The summed E-state index contributed by atoms with van der Waals surface area (Å²) >= 11 is 0. The SMILES string of the molecule is C[C@H]1C[C@H]2CCCCC2[C@@H](C)C1. The van der Waals surface area contributed by atoms with Gasteiger partial charge in [0.05, 0.1) is 0 Å². The standard InChI is InChI=1S/C12H22/c1-9-7-10(2)12-6-4-3-5-11(12)8-9/h9-12H,3-8H2,1-2H3/t9-,10+,11-,12?/m1/s1. The van der Waals surface area contributed by atoms with E-state index >= 15 is 0 Å². The fraction of sp³-hybridized carbons (Fsp3) is 1.00. The Morgan fingerprint density at radius 2 is 1.67 bits per heavy atom. The van der Waals surface area contributed by atoms with E-state index in [4.69, 9.17) is 0 Å². The molecule has 0 aromatic rings. The summed E-state index contributed by atoms with van der Waals surface area (Å²) in [5.74, 6) is 4.26. The van der Waals surface area contributed by atoms with Crippen molar-refractivity contribution in [3.05, 3.63) is 0 Å². The molecule has 0 nitrogen and oxygen atoms in total. The van der Waals surface area contributed by atoms with Crippen LogP contribution in [0.15, 0.2) is 0 Å². The molecule has 0 amide bonds. The van der Waals surface area contributed by atoms with Crippen LogP contribution in [0, 0.1) is 23.7 Å². The van der Waals surface area contributed by atoms with Gasteiger partial charge in [0.2, 0.25) is 0 Å². The summed E-state index contributed by atoms with van der Waals surface area (Å²) in [4.78, 5) is 0. The summed E-state index contributed by atoms with van der Waals surface area (Å²) in [6.07, 6.45) is 9.15. The third-order valence-electron chi connectivity index (χ3n) is 4.18. The molecule has 0 heteroatoms. The Kier molecular flexibility index (Phi) is 2.43. The molecule has 0 heterocycles. The van der Waals surface area contributed by atoms with Crippen LogP contribution in [0.25, 0.3) is 0 Å². The van der Waals surface area contributed by atoms with Crippen LogP contribution in [0.4, 0.5) is 0 Å². The van der Waals surface area contributed by atoms with Gasteiger partial charge in [-0.3, -0.25) is 0 Å². The number of fused-ring (bicyclic) bond motifs is 1. The summed E-state index contributed by atoms with van der Waals surface area (Å²) in [7, 11) is 0. The van der Waals surface area contributed by atoms with Crippen molar-refractivity contribution in [1.29, 1.82) is 0 Å². The molecule has 0 N–H and O–H groups in total. The van der Waals surface area contributed by atoms with Crippen LogP contribution < -0.4 is 0 Å². The summed E-state index contributed by atoms with van der Waals surface area (Å²) in [5, 5.41) is 0. The maximum absolute atomic E-state index is 2.48. The van der Waals surface area contributed by atoms with Crippen LogP contribution in [0.3, 0.4) is 0 Å². The Balaban J connectivity index is 2.01. The van der Waals surface area contributed by atoms with Crippen LogP contribution >= 0.6 is 0 Å². The Morgan fingerprint density at radius 1 is 0.917 bits per heavy atom. The second-order valence-corrected chi connectivity index (χ2v) is 5.26. The zero-order chi connectivity index (χ0) is 8.55. The fourth-order valence-corrected chi connectivity index (χ4v) is 3.70. The first-order valence-electron chi connectivity index (χ1n) is 5.77. The maximum Gasteiger partial charge on any atom is -0.0360 e. The van der Waals surface area contributed by atoms with Crippen LogP contribution in [-0.4, -0.2) is 0 Å². The molecule has 4 atom stereocenters. The van der Waals surface area contributed by atoms with Crippen molar-refractivity contribution in [1.82, 2.24) is 0 Å². The zero-order valence-electron chi connectivity index (χ0n) is 8.55. The Morgan fingerprint density at radius 3 is 2.50 bits per heavy atom. The molecule has 0 spiro atoms. The van der Waals surface area contributed by atoms with E-state index in [0.29, 0.717) is 0 Å². The lowest BCUT2D eigenvalue weighted by atomic mass is 9.63. The quantitative estimate of drug-likeness (QED) is 0.512. The summed E-state index contributed by atoms with van der Waals surface area (Å²) < 4.78 is 0. The first-order chi connectivity index (χ1) is 5.77. The molecular weight excluding hydrogens is 144 g/mol. The van der Waals surface area contributed by atoms with Crippen LogP contribution in [0.5, 0.6) is 0 Å². The molecule has 70 valence electrons. The second kappa shape index (κ2) is 3.40. The first kappa shape index (κ1) is 8.59. The highest BCUT2D eigenvalue weighted by molar-refractivity contribution is 4.85. The Labute approximate surface area is 76.7 Å². The Bertz CT molecular complexity index is 150. The van der Waals surface area contributed by atoms with Crippen LogP contribution in [0.2, 0.25) is 0 Å². The van der Waals surface area contributed by atoms with Gasteiger partial charge >= 0.3 is 0 Å². The van der Waals surface area contributed by atoms with Gasteiger partial charge in [0.25, 0.3) is 0 Å². The number of hydrogen-bond donors (Lipinski definition) is 0. The molecule has 2 aliphatic carbocycles. The average molecular weight is 166 g/mol. The van der Waals surface area contributed by atoms with Crippen molar-refractivity contribution >= 4 is 0 Å². The van der Waals surface area contributed by atoms with E-state index in [-0.39, 0.29) is 0 Å². The first-order valence-corrected chi connectivity index (χ1v) is 5.77. The van der Waals surface area contributed by atoms with Crippen molar-refractivity contribution in [2.45, 2.75) is 52.4 Å². The van der Waals surface area contributed by atoms with E-state index < -0.39 is 0 Å². The largest absolute Gasteiger partial charge is 0.0625 e. The highest BCUT2D eigenvalue weighted by atomic mass is 14.4. The van der Waals surface area contributed by atoms with E-state index in [1.54, 1.807) is 12.8 Å². The zero-order valence-corrected chi connectivity index (χ0v) is 8.55. The van der Waals surface area contributed by atoms with Crippen molar-refractivity contribution in [2.75, 3.05) is 0 Å². The average Bonchev–Trinajstić information content (AvgIpc) is 2.04. The van der Waals surface area contributed by atoms with E-state index in [1.165, 1.54) is 25.7 Å².